The number of unbranched alkanes of at least 4 members (excludes halogenated alkanes) is 4. The van der Waals surface area contributed by atoms with E-state index >= 15 is 0 Å². The average Bonchev–Trinajstić information content (AvgIpc) is 2.81. The van der Waals surface area contributed by atoms with Gasteiger partial charge >= 0.3 is 5.97 Å². The Morgan fingerprint density at radius 3 is 2.62 bits per heavy atom. The summed E-state index contributed by atoms with van der Waals surface area (Å²) in [6, 6.07) is 0. The van der Waals surface area contributed by atoms with Crippen LogP contribution < -0.4 is 0 Å². The third-order valence-corrected chi connectivity index (χ3v) is 4.60. The van der Waals surface area contributed by atoms with Gasteiger partial charge in [-0.3, -0.25) is 9.59 Å². The Balaban J connectivity index is 2.43. The van der Waals surface area contributed by atoms with E-state index in [1.165, 1.54) is 0 Å². The van der Waals surface area contributed by atoms with Crippen molar-refractivity contribution in [3.05, 3.63) is 46.5 Å². The standard InChI is InChI=1S/C20H27BrO3/c1-2-3-4-5-6-9-12-16-15-18(21)20(24)17(16)13-10-7-8-11-14-19(22)23/h2-3,6,9,13,15-16H,4-5,7-8,10-12,14H2,1H3,(H,22,23)/b3-2+,9-6+,17-13-. The summed E-state index contributed by atoms with van der Waals surface area (Å²) in [5, 5.41) is 8.61. The van der Waals surface area contributed by atoms with Gasteiger partial charge in [0, 0.05) is 17.9 Å². The Morgan fingerprint density at radius 2 is 1.92 bits per heavy atom. The number of carbonyl (C=O) groups is 2. The molecular formula is C20H27BrO3. The van der Waals surface area contributed by atoms with E-state index in [0.717, 1.165) is 44.1 Å². The normalized spacial score (nSPS) is 19.8. The van der Waals surface area contributed by atoms with Crippen LogP contribution in [0, 0.1) is 5.92 Å². The van der Waals surface area contributed by atoms with Crippen molar-refractivity contribution in [3.8, 4) is 0 Å². The second kappa shape index (κ2) is 12.0. The molecule has 0 saturated heterocycles. The van der Waals surface area contributed by atoms with E-state index in [1.807, 2.05) is 19.1 Å². The van der Waals surface area contributed by atoms with Crippen molar-refractivity contribution < 1.29 is 14.7 Å². The van der Waals surface area contributed by atoms with Crippen LogP contribution in [0.25, 0.3) is 0 Å². The van der Waals surface area contributed by atoms with Gasteiger partial charge in [0.15, 0.2) is 5.78 Å². The number of hydrogen-bond acceptors (Lipinski definition) is 2. The number of carboxylic acid groups (broad SMARTS) is 1. The highest BCUT2D eigenvalue weighted by molar-refractivity contribution is 9.12. The molecule has 24 heavy (non-hydrogen) atoms. The molecule has 1 rings (SSSR count). The molecule has 1 unspecified atom stereocenters. The fourth-order valence-corrected chi connectivity index (χ4v) is 3.21. The van der Waals surface area contributed by atoms with Gasteiger partial charge in [-0.05, 0) is 61.4 Å². The summed E-state index contributed by atoms with van der Waals surface area (Å²) in [5.41, 5.74) is 0.873. The first-order chi connectivity index (χ1) is 11.6. The summed E-state index contributed by atoms with van der Waals surface area (Å²) in [6.07, 6.45) is 19.1. The van der Waals surface area contributed by atoms with E-state index < -0.39 is 5.97 Å². The van der Waals surface area contributed by atoms with Gasteiger partial charge in [-0.2, -0.15) is 0 Å². The fraction of sp³-hybridized carbons (Fsp3) is 0.500. The smallest absolute Gasteiger partial charge is 0.303 e. The third-order valence-electron chi connectivity index (χ3n) is 3.98. The van der Waals surface area contributed by atoms with Crippen LogP contribution in [0.15, 0.2) is 46.5 Å². The maximum Gasteiger partial charge on any atom is 0.303 e. The van der Waals surface area contributed by atoms with Crippen molar-refractivity contribution in [1.82, 2.24) is 0 Å². The Morgan fingerprint density at radius 1 is 1.17 bits per heavy atom. The molecular weight excluding hydrogens is 368 g/mol. The maximum absolute atomic E-state index is 12.2. The lowest BCUT2D eigenvalue weighted by molar-refractivity contribution is -0.137. The Kier molecular flexibility index (Phi) is 10.3. The van der Waals surface area contributed by atoms with Crippen molar-refractivity contribution in [2.24, 2.45) is 5.92 Å². The van der Waals surface area contributed by atoms with Crippen LogP contribution in [-0.2, 0) is 9.59 Å². The predicted molar refractivity (Wildman–Crippen MR) is 102 cm³/mol. The number of aliphatic carboxylic acids is 1. The average molecular weight is 395 g/mol. The van der Waals surface area contributed by atoms with Gasteiger partial charge in [-0.25, -0.2) is 0 Å². The minimum atomic E-state index is -0.742. The van der Waals surface area contributed by atoms with Crippen LogP contribution in [-0.4, -0.2) is 16.9 Å². The quantitative estimate of drug-likeness (QED) is 0.276. The van der Waals surface area contributed by atoms with Crippen LogP contribution in [0.3, 0.4) is 0 Å². The van der Waals surface area contributed by atoms with E-state index in [0.29, 0.717) is 10.9 Å². The molecule has 1 aliphatic carbocycles. The molecule has 0 spiro atoms. The molecule has 0 aliphatic heterocycles. The lowest BCUT2D eigenvalue weighted by atomic mass is 9.96. The summed E-state index contributed by atoms with van der Waals surface area (Å²) >= 11 is 3.35. The van der Waals surface area contributed by atoms with Crippen LogP contribution in [0.5, 0.6) is 0 Å². The van der Waals surface area contributed by atoms with Gasteiger partial charge in [0.1, 0.15) is 0 Å². The molecule has 132 valence electrons. The lowest BCUT2D eigenvalue weighted by Crippen LogP contribution is -2.03. The van der Waals surface area contributed by atoms with E-state index in [4.69, 9.17) is 5.11 Å². The van der Waals surface area contributed by atoms with E-state index in [9.17, 15) is 9.59 Å². The van der Waals surface area contributed by atoms with Crippen molar-refractivity contribution in [2.75, 3.05) is 0 Å². The molecule has 0 saturated carbocycles. The van der Waals surface area contributed by atoms with Crippen LogP contribution >= 0.6 is 15.9 Å². The van der Waals surface area contributed by atoms with Crippen LogP contribution in [0.1, 0.15) is 58.3 Å². The van der Waals surface area contributed by atoms with E-state index in [-0.39, 0.29) is 18.1 Å². The monoisotopic (exact) mass is 394 g/mol. The number of rotatable bonds is 11. The maximum atomic E-state index is 12.2. The number of Topliss-reactive ketones (excluding diaryl/α,β-unsaturated/α-hetero) is 1. The molecule has 4 heteroatoms. The van der Waals surface area contributed by atoms with Gasteiger partial charge in [-0.1, -0.05) is 42.9 Å². The minimum Gasteiger partial charge on any atom is -0.481 e. The predicted octanol–water partition coefficient (Wildman–Crippen LogP) is 5.73. The van der Waals surface area contributed by atoms with Crippen LogP contribution in [0.4, 0.5) is 0 Å². The number of carbonyl (C=O) groups excluding carboxylic acids is 1. The molecule has 0 bridgehead atoms. The number of allylic oxidation sites excluding steroid dienone is 8. The summed E-state index contributed by atoms with van der Waals surface area (Å²) in [4.78, 5) is 22.7. The number of hydrogen-bond donors (Lipinski definition) is 1. The second-order valence-electron chi connectivity index (χ2n) is 5.96. The zero-order valence-electron chi connectivity index (χ0n) is 14.3. The summed E-state index contributed by atoms with van der Waals surface area (Å²) in [7, 11) is 0. The van der Waals surface area contributed by atoms with Crippen molar-refractivity contribution in [2.45, 2.75) is 58.3 Å². The first kappa shape index (κ1) is 20.6. The molecule has 1 N–H and O–H groups in total. The molecule has 1 aliphatic rings. The SMILES string of the molecule is C/C=C/CC/C=C/CC1C=C(Br)C(=O)/C1=C\CCCCCC(=O)O. The highest BCUT2D eigenvalue weighted by Gasteiger charge is 2.27. The molecule has 0 radical (unpaired) electrons. The van der Waals surface area contributed by atoms with E-state index in [2.05, 4.69) is 40.2 Å². The zero-order valence-corrected chi connectivity index (χ0v) is 15.9. The molecule has 1 atom stereocenters. The van der Waals surface area contributed by atoms with Crippen molar-refractivity contribution in [3.63, 3.8) is 0 Å². The molecule has 0 amide bonds. The Hall–Kier alpha value is -1.42. The lowest BCUT2D eigenvalue weighted by Gasteiger charge is -2.07. The first-order valence-corrected chi connectivity index (χ1v) is 9.45. The van der Waals surface area contributed by atoms with E-state index in [1.54, 1.807) is 0 Å². The number of carboxylic acids is 1. The molecule has 0 fully saturated rings. The van der Waals surface area contributed by atoms with Gasteiger partial charge in [-0.15, -0.1) is 0 Å². The highest BCUT2D eigenvalue weighted by atomic mass is 79.9. The molecule has 0 aromatic carbocycles. The van der Waals surface area contributed by atoms with Crippen molar-refractivity contribution >= 4 is 27.7 Å². The molecule has 0 heterocycles. The van der Waals surface area contributed by atoms with Crippen LogP contribution in [0.2, 0.25) is 0 Å². The number of ketones is 1. The largest absolute Gasteiger partial charge is 0.481 e. The Labute approximate surface area is 153 Å². The van der Waals surface area contributed by atoms with Gasteiger partial charge in [0.25, 0.3) is 0 Å². The minimum absolute atomic E-state index is 0.0906. The number of halogens is 1. The molecule has 0 aromatic heterocycles. The van der Waals surface area contributed by atoms with Gasteiger partial charge in [0.05, 0.1) is 4.48 Å². The zero-order chi connectivity index (χ0) is 17.8. The first-order valence-electron chi connectivity index (χ1n) is 8.66. The second-order valence-corrected chi connectivity index (χ2v) is 6.81. The Bertz CT molecular complexity index is 541. The third kappa shape index (κ3) is 7.91. The fourth-order valence-electron chi connectivity index (χ4n) is 2.66. The van der Waals surface area contributed by atoms with Gasteiger partial charge in [0.2, 0.25) is 0 Å². The molecule has 0 aromatic rings. The van der Waals surface area contributed by atoms with Crippen molar-refractivity contribution in [1.29, 1.82) is 0 Å². The highest BCUT2D eigenvalue weighted by Crippen LogP contribution is 2.33. The summed E-state index contributed by atoms with van der Waals surface area (Å²) in [5.74, 6) is -0.495. The topological polar surface area (TPSA) is 54.4 Å². The summed E-state index contributed by atoms with van der Waals surface area (Å²) < 4.78 is 0.659. The van der Waals surface area contributed by atoms with Gasteiger partial charge < -0.3 is 5.11 Å². The molecule has 3 nitrogen and oxygen atoms in total. The summed E-state index contributed by atoms with van der Waals surface area (Å²) in [6.45, 7) is 2.02.